The Labute approximate surface area is 254 Å². The van der Waals surface area contributed by atoms with Gasteiger partial charge in [0.1, 0.15) is 23.5 Å². The van der Waals surface area contributed by atoms with Crippen molar-refractivity contribution >= 4 is 29.3 Å². The third-order valence-electron chi connectivity index (χ3n) is 8.30. The van der Waals surface area contributed by atoms with Gasteiger partial charge in [0.2, 0.25) is 0 Å². The second-order valence-corrected chi connectivity index (χ2v) is 18.7. The van der Waals surface area contributed by atoms with Gasteiger partial charge in [0, 0.05) is 42.5 Å². The number of nitrogens with one attached hydrogen (secondary N) is 2. The number of pyridine rings is 1. The number of aromatic nitrogens is 1. The molecule has 2 aromatic carbocycles. The molecule has 44 heavy (non-hydrogen) atoms. The molecule has 1 fully saturated rings. The van der Waals surface area contributed by atoms with E-state index in [1.807, 2.05) is 33.9 Å². The minimum absolute atomic E-state index is 0.0753. The second-order valence-electron chi connectivity index (χ2n) is 12.5. The number of rotatable bonds is 11. The summed E-state index contributed by atoms with van der Waals surface area (Å²) >= 11 is 0. The molecule has 0 spiro atoms. The molecule has 0 bridgehead atoms. The van der Waals surface area contributed by atoms with E-state index in [1.54, 1.807) is 12.3 Å². The van der Waals surface area contributed by atoms with Crippen LogP contribution in [-0.4, -0.2) is 40.4 Å². The van der Waals surface area contributed by atoms with Gasteiger partial charge in [-0.1, -0.05) is 20.8 Å². The number of benzene rings is 2. The Morgan fingerprint density at radius 2 is 1.75 bits per heavy atom. The van der Waals surface area contributed by atoms with Crippen LogP contribution >= 0.6 is 0 Å². The van der Waals surface area contributed by atoms with Crippen LogP contribution in [0.3, 0.4) is 0 Å². The first-order valence-corrected chi connectivity index (χ1v) is 18.5. The van der Waals surface area contributed by atoms with Crippen LogP contribution in [0.4, 0.5) is 22.0 Å². The van der Waals surface area contributed by atoms with Crippen molar-refractivity contribution in [2.75, 3.05) is 6.54 Å². The molecule has 1 heterocycles. The van der Waals surface area contributed by atoms with Gasteiger partial charge in [0.25, 0.3) is 10.2 Å². The number of alkyl halides is 3. The molecule has 1 unspecified atom stereocenters. The van der Waals surface area contributed by atoms with Gasteiger partial charge in [-0.05, 0) is 72.3 Å². The molecule has 0 radical (unpaired) electrons. The third kappa shape index (κ3) is 8.12. The molecule has 0 saturated heterocycles. The number of nitrogens with zero attached hydrogens (tertiary/aromatic N) is 1. The minimum atomic E-state index is -4.83. The van der Waals surface area contributed by atoms with E-state index in [2.05, 4.69) is 15.0 Å². The summed E-state index contributed by atoms with van der Waals surface area (Å²) in [4.78, 5) is 4.22. The molecule has 242 valence electrons. The average molecular weight is 661 g/mol. The predicted molar refractivity (Wildman–Crippen MR) is 160 cm³/mol. The molecule has 1 aliphatic rings. The van der Waals surface area contributed by atoms with Gasteiger partial charge >= 0.3 is 6.18 Å². The smallest absolute Gasteiger partial charge is 0.419 e. The van der Waals surface area contributed by atoms with Crippen molar-refractivity contribution in [2.24, 2.45) is 5.14 Å². The van der Waals surface area contributed by atoms with Gasteiger partial charge in [0.05, 0.1) is 11.7 Å². The van der Waals surface area contributed by atoms with Crippen LogP contribution in [-0.2, 0) is 27.4 Å². The molecule has 4 rings (SSSR count). The van der Waals surface area contributed by atoms with E-state index >= 15 is 4.39 Å². The lowest BCUT2D eigenvalue weighted by Gasteiger charge is -2.39. The fraction of sp³-hybridized carbons (Fsp3) is 0.483. The first kappa shape index (κ1) is 34.2. The summed E-state index contributed by atoms with van der Waals surface area (Å²) in [7, 11) is -6.51. The molecule has 1 atom stereocenters. The van der Waals surface area contributed by atoms with Crippen molar-refractivity contribution in [3.8, 4) is 5.75 Å². The maximum atomic E-state index is 15.8. The Morgan fingerprint density at radius 1 is 1.07 bits per heavy atom. The maximum Gasteiger partial charge on any atom is 0.419 e. The Balaban J connectivity index is 1.51. The monoisotopic (exact) mass is 660 g/mol. The Morgan fingerprint density at radius 3 is 2.36 bits per heavy atom. The molecule has 3 aromatic rings. The summed E-state index contributed by atoms with van der Waals surface area (Å²) in [6, 6.07) is 5.45. The lowest BCUT2D eigenvalue weighted by Crippen LogP contribution is -2.46. The average Bonchev–Trinajstić information content (AvgIpc) is 2.87. The summed E-state index contributed by atoms with van der Waals surface area (Å²) in [6.45, 7) is 10.1. The fourth-order valence-electron chi connectivity index (χ4n) is 4.77. The van der Waals surface area contributed by atoms with Crippen LogP contribution < -0.4 is 19.9 Å². The predicted octanol–water partition coefficient (Wildman–Crippen LogP) is 6.09. The Hall–Kier alpha value is -2.69. The topological polar surface area (TPSA) is 116 Å². The summed E-state index contributed by atoms with van der Waals surface area (Å²) in [5, 5.41) is 9.41. The van der Waals surface area contributed by atoms with Gasteiger partial charge in [0.15, 0.2) is 8.32 Å². The van der Waals surface area contributed by atoms with E-state index in [0.29, 0.717) is 40.8 Å². The zero-order valence-electron chi connectivity index (χ0n) is 25.1. The summed E-state index contributed by atoms with van der Waals surface area (Å²) in [6.07, 6.45) is -2.03. The number of hydrogen-bond acceptors (Lipinski definition) is 6. The largest absolute Gasteiger partial charge is 0.490 e. The van der Waals surface area contributed by atoms with Crippen molar-refractivity contribution in [3.05, 3.63) is 71.1 Å². The highest BCUT2D eigenvalue weighted by Crippen LogP contribution is 2.41. The van der Waals surface area contributed by atoms with E-state index in [1.165, 1.54) is 12.3 Å². The Kier molecular flexibility index (Phi) is 9.79. The van der Waals surface area contributed by atoms with Crippen molar-refractivity contribution in [3.63, 3.8) is 0 Å². The van der Waals surface area contributed by atoms with Crippen molar-refractivity contribution in [2.45, 2.75) is 82.7 Å². The van der Waals surface area contributed by atoms with Gasteiger partial charge in [-0.3, -0.25) is 4.98 Å². The van der Waals surface area contributed by atoms with Crippen LogP contribution in [0, 0.1) is 11.6 Å². The molecule has 4 N–H and O–H groups in total. The zero-order chi connectivity index (χ0) is 32.7. The molecule has 1 aromatic heterocycles. The molecular formula is C29H37F5N4O4SSi. The normalized spacial score (nSPS) is 18.7. The quantitative estimate of drug-likeness (QED) is 0.170. The van der Waals surface area contributed by atoms with Crippen molar-refractivity contribution in [1.82, 2.24) is 15.0 Å². The number of hydrogen-bond donors (Lipinski definition) is 3. The number of halogens is 5. The van der Waals surface area contributed by atoms with E-state index in [9.17, 15) is 26.0 Å². The molecule has 1 aliphatic carbocycles. The molecule has 1 saturated carbocycles. The van der Waals surface area contributed by atoms with E-state index in [4.69, 9.17) is 14.3 Å². The minimum Gasteiger partial charge on any atom is -0.490 e. The highest BCUT2D eigenvalue weighted by atomic mass is 32.2. The van der Waals surface area contributed by atoms with Gasteiger partial charge in [-0.25, -0.2) is 13.9 Å². The SMILES string of the molecule is CC(C)(C)[Si](C)(C)OC(CNS(N)(=O)=O)c1cc(F)c(CNC2CC(Oc3ccc(F)c(C(F)(F)F)c3)C2)c2ccncc12. The lowest BCUT2D eigenvalue weighted by atomic mass is 9.88. The van der Waals surface area contributed by atoms with Crippen molar-refractivity contribution < 1.29 is 39.5 Å². The second kappa shape index (κ2) is 12.6. The van der Waals surface area contributed by atoms with E-state index in [0.717, 1.165) is 12.1 Å². The molecule has 8 nitrogen and oxygen atoms in total. The van der Waals surface area contributed by atoms with Gasteiger partial charge in [-0.2, -0.15) is 26.3 Å². The molecule has 0 aliphatic heterocycles. The van der Waals surface area contributed by atoms with Crippen LogP contribution in [0.25, 0.3) is 10.8 Å². The van der Waals surface area contributed by atoms with Crippen molar-refractivity contribution in [1.29, 1.82) is 0 Å². The first-order chi connectivity index (χ1) is 20.2. The van der Waals surface area contributed by atoms with Crippen LogP contribution in [0.15, 0.2) is 42.7 Å². The lowest BCUT2D eigenvalue weighted by molar-refractivity contribution is -0.140. The van der Waals surface area contributed by atoms with Crippen LogP contribution in [0.1, 0.15) is 56.4 Å². The number of fused-ring (bicyclic) bond motifs is 1. The standard InChI is InChI=1S/C29H37F5N4O4SSi/c1-28(2,3)44(4,5)42-27(16-38-43(35,39)40)21-13-26(31)23(20-8-9-36-14-22(20)21)15-37-17-10-19(11-17)41-18-6-7-25(30)24(12-18)29(32,33)34/h6-9,12-14,17,19,27,37-38H,10-11,15-16H2,1-5H3,(H2,35,39,40). The maximum absolute atomic E-state index is 15.8. The molecule has 0 amide bonds. The highest BCUT2D eigenvalue weighted by Gasteiger charge is 2.40. The van der Waals surface area contributed by atoms with Crippen LogP contribution in [0.2, 0.25) is 18.1 Å². The fourth-order valence-corrected chi connectivity index (χ4v) is 6.42. The van der Waals surface area contributed by atoms with E-state index < -0.39 is 48.0 Å². The summed E-state index contributed by atoms with van der Waals surface area (Å²) < 4.78 is 106. The van der Waals surface area contributed by atoms with E-state index in [-0.39, 0.29) is 36.0 Å². The van der Waals surface area contributed by atoms with Crippen LogP contribution in [0.5, 0.6) is 5.75 Å². The summed E-state index contributed by atoms with van der Waals surface area (Å²) in [5.41, 5.74) is -0.582. The van der Waals surface area contributed by atoms with Gasteiger partial charge in [-0.15, -0.1) is 0 Å². The molecular weight excluding hydrogens is 623 g/mol. The molecule has 15 heteroatoms. The number of nitrogens with two attached hydrogens (primary N) is 1. The number of ether oxygens (including phenoxy) is 1. The highest BCUT2D eigenvalue weighted by molar-refractivity contribution is 7.87. The zero-order valence-corrected chi connectivity index (χ0v) is 26.9. The Bertz CT molecular complexity index is 1610. The summed E-state index contributed by atoms with van der Waals surface area (Å²) in [5.74, 6) is -1.97. The van der Waals surface area contributed by atoms with Gasteiger partial charge < -0.3 is 14.5 Å². The first-order valence-electron chi connectivity index (χ1n) is 14.0. The third-order valence-corrected chi connectivity index (χ3v) is 13.4.